The van der Waals surface area contributed by atoms with Crippen LogP contribution >= 0.6 is 0 Å². The van der Waals surface area contributed by atoms with E-state index >= 15 is 0 Å². The smallest absolute Gasteiger partial charge is 0.260 e. The van der Waals surface area contributed by atoms with Gasteiger partial charge in [0.1, 0.15) is 0 Å². The quantitative estimate of drug-likeness (QED) is 0.366. The van der Waals surface area contributed by atoms with Crippen LogP contribution in [0, 0.1) is 0 Å². The summed E-state index contributed by atoms with van der Waals surface area (Å²) >= 11 is 0. The first kappa shape index (κ1) is 24.5. The number of benzene rings is 2. The maximum absolute atomic E-state index is 13.0. The zero-order valence-corrected chi connectivity index (χ0v) is 21.0. The zero-order valence-electron chi connectivity index (χ0n) is 20.2. The summed E-state index contributed by atoms with van der Waals surface area (Å²) in [7, 11) is -3.74. The first-order valence-electron chi connectivity index (χ1n) is 11.8. The maximum Gasteiger partial charge on any atom is 0.260 e. The first-order valence-corrected chi connectivity index (χ1v) is 13.2. The molecule has 0 bridgehead atoms. The van der Waals surface area contributed by atoms with E-state index in [1.54, 1.807) is 47.8 Å². The summed E-state index contributed by atoms with van der Waals surface area (Å²) in [5, 5.41) is -0.0292. The first-order chi connectivity index (χ1) is 17.8. The van der Waals surface area contributed by atoms with Crippen molar-refractivity contribution in [3.63, 3.8) is 0 Å². The highest BCUT2D eigenvalue weighted by molar-refractivity contribution is 7.89. The van der Waals surface area contributed by atoms with Crippen LogP contribution in [0.1, 0.15) is 22.8 Å². The highest BCUT2D eigenvalue weighted by atomic mass is 32.2. The fourth-order valence-corrected chi connectivity index (χ4v) is 5.59. The van der Waals surface area contributed by atoms with Crippen molar-refractivity contribution < 1.29 is 18.0 Å². The lowest BCUT2D eigenvalue weighted by Crippen LogP contribution is -2.50. The summed E-state index contributed by atoms with van der Waals surface area (Å²) < 4.78 is 29.2. The number of pyridine rings is 1. The number of hydrogen-bond donors (Lipinski definition) is 0. The van der Waals surface area contributed by atoms with Crippen LogP contribution in [0.5, 0.6) is 0 Å². The van der Waals surface area contributed by atoms with E-state index in [1.165, 1.54) is 23.5 Å². The van der Waals surface area contributed by atoms with Gasteiger partial charge in [0.15, 0.2) is 10.8 Å². The molecule has 0 atom stereocenters. The molecule has 0 N–H and O–H groups in total. The number of hydrogen-bond acceptors (Lipinski definition) is 6. The van der Waals surface area contributed by atoms with Crippen molar-refractivity contribution in [2.45, 2.75) is 11.9 Å². The molecule has 37 heavy (non-hydrogen) atoms. The van der Waals surface area contributed by atoms with Gasteiger partial charge >= 0.3 is 0 Å². The van der Waals surface area contributed by atoms with Crippen molar-refractivity contribution in [3.8, 4) is 16.8 Å². The molecule has 0 spiro atoms. The fourth-order valence-electron chi connectivity index (χ4n) is 4.26. The van der Waals surface area contributed by atoms with Gasteiger partial charge in [0.2, 0.25) is 5.91 Å². The van der Waals surface area contributed by atoms with Crippen molar-refractivity contribution in [1.82, 2.24) is 23.7 Å². The number of piperazine rings is 1. The molecule has 5 rings (SSSR count). The number of amides is 1. The molecule has 0 radical (unpaired) electrons. The highest BCUT2D eigenvalue weighted by Crippen LogP contribution is 2.23. The van der Waals surface area contributed by atoms with Gasteiger partial charge in [0, 0.05) is 74.1 Å². The van der Waals surface area contributed by atoms with E-state index in [0.717, 1.165) is 16.8 Å². The monoisotopic (exact) mass is 515 g/mol. The standard InChI is InChI=1S/C27H25N5O4S/c1-20(33)30-14-16-32(17-15-30)37(35,36)26-11-8-24(18-29-26)21-2-4-22(5-3-21)27(34)23-6-9-25(10-7-23)31-13-12-28-19-31/h2-13,18-19H,14-17H2,1H3. The van der Waals surface area contributed by atoms with Crippen LogP contribution < -0.4 is 0 Å². The molecule has 2 aromatic heterocycles. The topological polar surface area (TPSA) is 105 Å². The van der Waals surface area contributed by atoms with E-state index in [-0.39, 0.29) is 29.8 Å². The van der Waals surface area contributed by atoms with Gasteiger partial charge in [-0.2, -0.15) is 4.31 Å². The van der Waals surface area contributed by atoms with Crippen LogP contribution in [0.3, 0.4) is 0 Å². The van der Waals surface area contributed by atoms with Gasteiger partial charge in [-0.05, 0) is 42.0 Å². The Bertz CT molecular complexity index is 1510. The summed E-state index contributed by atoms with van der Waals surface area (Å²) in [6, 6.07) is 17.6. The highest BCUT2D eigenvalue weighted by Gasteiger charge is 2.30. The number of aromatic nitrogens is 3. The van der Waals surface area contributed by atoms with E-state index < -0.39 is 10.0 Å². The van der Waals surface area contributed by atoms with Gasteiger partial charge in [-0.15, -0.1) is 0 Å². The van der Waals surface area contributed by atoms with Crippen LogP contribution in [0.15, 0.2) is 90.6 Å². The lowest BCUT2D eigenvalue weighted by molar-refractivity contribution is -0.129. The summed E-state index contributed by atoms with van der Waals surface area (Å²) in [5.74, 6) is -0.149. The minimum Gasteiger partial charge on any atom is -0.340 e. The molecule has 4 aromatic rings. The van der Waals surface area contributed by atoms with Crippen molar-refractivity contribution in [2.75, 3.05) is 26.2 Å². The van der Waals surface area contributed by atoms with Gasteiger partial charge in [-0.3, -0.25) is 9.59 Å². The second kappa shape index (κ2) is 10.1. The summed E-state index contributed by atoms with van der Waals surface area (Å²) in [6.07, 6.45) is 6.75. The second-order valence-corrected chi connectivity index (χ2v) is 10.6. The zero-order chi connectivity index (χ0) is 26.0. The molecule has 9 nitrogen and oxygen atoms in total. The Morgan fingerprint density at radius 1 is 0.811 bits per heavy atom. The minimum atomic E-state index is -3.74. The molecule has 1 aliphatic heterocycles. The molecule has 1 aliphatic rings. The number of carbonyl (C=O) groups excluding carboxylic acids is 2. The summed E-state index contributed by atoms with van der Waals surface area (Å²) in [6.45, 7) is 2.70. The summed E-state index contributed by atoms with van der Waals surface area (Å²) in [5.41, 5.74) is 3.61. The van der Waals surface area contributed by atoms with Crippen LogP contribution in [0.25, 0.3) is 16.8 Å². The normalized spacial score (nSPS) is 14.5. The number of ketones is 1. The Labute approximate surface area is 215 Å². The van der Waals surface area contributed by atoms with Gasteiger partial charge in [-0.25, -0.2) is 18.4 Å². The number of nitrogens with zero attached hydrogens (tertiary/aromatic N) is 5. The van der Waals surface area contributed by atoms with Crippen LogP contribution in [0.4, 0.5) is 0 Å². The van der Waals surface area contributed by atoms with Gasteiger partial charge < -0.3 is 9.47 Å². The SMILES string of the molecule is CC(=O)N1CCN(S(=O)(=O)c2ccc(-c3ccc(C(=O)c4ccc(-n5ccnc5)cc4)cc3)cn2)CC1. The van der Waals surface area contributed by atoms with Gasteiger partial charge in [-0.1, -0.05) is 24.3 Å². The molecule has 1 fully saturated rings. The fraction of sp³-hybridized carbons (Fsp3) is 0.185. The maximum atomic E-state index is 13.0. The number of sulfonamides is 1. The number of rotatable bonds is 6. The third-order valence-corrected chi connectivity index (χ3v) is 8.25. The van der Waals surface area contributed by atoms with Gasteiger partial charge in [0.25, 0.3) is 10.0 Å². The molecule has 1 saturated heterocycles. The number of carbonyl (C=O) groups is 2. The molecule has 0 saturated carbocycles. The van der Waals surface area contributed by atoms with E-state index in [9.17, 15) is 18.0 Å². The number of imidazole rings is 1. The second-order valence-electron chi connectivity index (χ2n) is 8.72. The Morgan fingerprint density at radius 3 is 1.97 bits per heavy atom. The molecular weight excluding hydrogens is 490 g/mol. The largest absolute Gasteiger partial charge is 0.340 e. The molecule has 0 unspecified atom stereocenters. The molecule has 2 aromatic carbocycles. The Balaban J connectivity index is 1.27. The van der Waals surface area contributed by atoms with Crippen molar-refractivity contribution in [1.29, 1.82) is 0 Å². The van der Waals surface area contributed by atoms with Crippen LogP contribution in [-0.2, 0) is 14.8 Å². The van der Waals surface area contributed by atoms with E-state index in [0.29, 0.717) is 24.2 Å². The average molecular weight is 516 g/mol. The molecular formula is C27H25N5O4S. The molecule has 0 aliphatic carbocycles. The molecule has 3 heterocycles. The minimum absolute atomic E-state index is 0.0292. The van der Waals surface area contributed by atoms with Crippen LogP contribution in [-0.4, -0.2) is 70.0 Å². The van der Waals surface area contributed by atoms with E-state index in [1.807, 2.05) is 35.0 Å². The summed E-state index contributed by atoms with van der Waals surface area (Å²) in [4.78, 5) is 34.3. The lowest BCUT2D eigenvalue weighted by atomic mass is 10.00. The van der Waals surface area contributed by atoms with Crippen molar-refractivity contribution in [3.05, 3.63) is 96.7 Å². The van der Waals surface area contributed by atoms with E-state index in [2.05, 4.69) is 9.97 Å². The Kier molecular flexibility index (Phi) is 6.68. The third-order valence-electron chi connectivity index (χ3n) is 6.44. The lowest BCUT2D eigenvalue weighted by Gasteiger charge is -2.33. The third kappa shape index (κ3) is 5.07. The predicted molar refractivity (Wildman–Crippen MR) is 138 cm³/mol. The van der Waals surface area contributed by atoms with E-state index in [4.69, 9.17) is 0 Å². The van der Waals surface area contributed by atoms with Crippen LogP contribution in [0.2, 0.25) is 0 Å². The molecule has 188 valence electrons. The predicted octanol–water partition coefficient (Wildman–Crippen LogP) is 3.02. The van der Waals surface area contributed by atoms with Crippen molar-refractivity contribution >= 4 is 21.7 Å². The van der Waals surface area contributed by atoms with Gasteiger partial charge in [0.05, 0.1) is 6.33 Å². The molecule has 1 amide bonds. The molecule has 10 heteroatoms. The van der Waals surface area contributed by atoms with Crippen molar-refractivity contribution in [2.24, 2.45) is 0 Å². The Morgan fingerprint density at radius 2 is 1.43 bits per heavy atom. The Hall–Kier alpha value is -4.15. The average Bonchev–Trinajstić information content (AvgIpc) is 3.48.